The largest absolute Gasteiger partial charge is 0.872 e. The summed E-state index contributed by atoms with van der Waals surface area (Å²) in [5.41, 5.74) is 0.581. The number of halogens is 1. The second kappa shape index (κ2) is 6.10. The van der Waals surface area contributed by atoms with Gasteiger partial charge in [-0.1, -0.05) is 33.8 Å². The van der Waals surface area contributed by atoms with Crippen LogP contribution in [0.1, 0.15) is 11.5 Å². The van der Waals surface area contributed by atoms with Crippen molar-refractivity contribution in [2.24, 2.45) is 0 Å². The number of thioether (sulfide) groups is 1. The molecular weight excluding hydrogens is 348 g/mol. The molecule has 0 unspecified atom stereocenters. The Bertz CT molecular complexity index is 684. The second-order valence-electron chi connectivity index (χ2n) is 3.69. The number of hydrogen-bond acceptors (Lipinski definition) is 6. The van der Waals surface area contributed by atoms with Crippen molar-refractivity contribution in [1.29, 1.82) is 0 Å². The van der Waals surface area contributed by atoms with Gasteiger partial charge in [-0.15, -0.1) is 10.2 Å². The summed E-state index contributed by atoms with van der Waals surface area (Å²) in [4.78, 5) is 11.2. The summed E-state index contributed by atoms with van der Waals surface area (Å²) < 4.78 is 5.49. The first kappa shape index (κ1) is 14.6. The smallest absolute Gasteiger partial charge is 0.342 e. The third-order valence-corrected chi connectivity index (χ3v) is 3.64. The molecule has 0 bridgehead atoms. The molecule has 0 aliphatic heterocycles. The molecule has 0 fully saturated rings. The van der Waals surface area contributed by atoms with Crippen LogP contribution in [0.25, 0.3) is 6.08 Å². The molecule has 20 heavy (non-hydrogen) atoms. The quantitative estimate of drug-likeness (QED) is 0.663. The minimum absolute atomic E-state index is 0.0131. The van der Waals surface area contributed by atoms with Crippen molar-refractivity contribution in [1.82, 2.24) is 10.2 Å². The molecule has 0 radical (unpaired) electrons. The number of aromatic nitrogens is 2. The Labute approximate surface area is 126 Å². The van der Waals surface area contributed by atoms with Crippen molar-refractivity contribution >= 4 is 39.7 Å². The molecule has 1 N–H and O–H groups in total. The number of aliphatic carboxylic acids is 1. The first-order valence-corrected chi connectivity index (χ1v) is 6.96. The minimum Gasteiger partial charge on any atom is -0.872 e. The second-order valence-corrected chi connectivity index (χ2v) is 5.54. The van der Waals surface area contributed by atoms with Gasteiger partial charge in [-0.05, 0) is 29.5 Å². The number of nitrogens with zero attached hydrogens (tertiary/aromatic N) is 2. The van der Waals surface area contributed by atoms with Gasteiger partial charge in [0, 0.05) is 11.4 Å². The van der Waals surface area contributed by atoms with E-state index in [1.54, 1.807) is 13.0 Å². The van der Waals surface area contributed by atoms with Crippen LogP contribution < -0.4 is 5.11 Å². The highest BCUT2D eigenvalue weighted by atomic mass is 79.9. The van der Waals surface area contributed by atoms with Crippen LogP contribution in [0.4, 0.5) is 0 Å². The summed E-state index contributed by atoms with van der Waals surface area (Å²) in [5, 5.41) is 27.9. The Hall–Kier alpha value is -1.80. The van der Waals surface area contributed by atoms with E-state index in [9.17, 15) is 15.0 Å². The van der Waals surface area contributed by atoms with Gasteiger partial charge < -0.3 is 14.6 Å². The first-order chi connectivity index (χ1) is 9.45. The zero-order chi connectivity index (χ0) is 14.7. The van der Waals surface area contributed by atoms with E-state index in [2.05, 4.69) is 26.1 Å². The number of rotatable bonds is 4. The van der Waals surface area contributed by atoms with Gasteiger partial charge in [-0.25, -0.2) is 4.79 Å². The summed E-state index contributed by atoms with van der Waals surface area (Å²) in [7, 11) is 0. The Balaban J connectivity index is 2.29. The molecule has 1 heterocycles. The maximum Gasteiger partial charge on any atom is 0.342 e. The topological polar surface area (TPSA) is 99.3 Å². The van der Waals surface area contributed by atoms with E-state index in [0.717, 1.165) is 11.8 Å². The van der Waals surface area contributed by atoms with Crippen LogP contribution in [-0.4, -0.2) is 21.3 Å². The minimum atomic E-state index is -1.12. The Morgan fingerprint density at radius 3 is 2.80 bits per heavy atom. The van der Waals surface area contributed by atoms with Gasteiger partial charge in [0.15, 0.2) is 0 Å². The standard InChI is InChI=1S/C12H9BrN2O4S/c1-6-14-15-12(19-6)20-10(11(17)18)5-7-2-3-9(16)8(13)4-7/h2-5,16H,1H3,(H,17,18)/p-1/b10-5-. The van der Waals surface area contributed by atoms with E-state index in [1.807, 2.05) is 0 Å². The van der Waals surface area contributed by atoms with Crippen molar-refractivity contribution in [2.45, 2.75) is 12.1 Å². The van der Waals surface area contributed by atoms with Crippen LogP contribution >= 0.6 is 27.7 Å². The van der Waals surface area contributed by atoms with Gasteiger partial charge in [0.1, 0.15) is 4.91 Å². The lowest BCUT2D eigenvalue weighted by Crippen LogP contribution is -1.97. The molecule has 2 rings (SSSR count). The number of benzene rings is 1. The van der Waals surface area contributed by atoms with Gasteiger partial charge in [0.2, 0.25) is 5.89 Å². The number of carboxylic acids is 1. The van der Waals surface area contributed by atoms with Crippen molar-refractivity contribution in [3.63, 3.8) is 0 Å². The van der Waals surface area contributed by atoms with E-state index in [1.165, 1.54) is 18.2 Å². The molecule has 8 heteroatoms. The summed E-state index contributed by atoms with van der Waals surface area (Å²) in [6.45, 7) is 1.62. The monoisotopic (exact) mass is 355 g/mol. The Morgan fingerprint density at radius 1 is 1.50 bits per heavy atom. The molecule has 0 amide bonds. The lowest BCUT2D eigenvalue weighted by molar-refractivity contribution is -0.269. The van der Waals surface area contributed by atoms with Gasteiger partial charge >= 0.3 is 5.97 Å². The number of carbonyl (C=O) groups is 1. The third-order valence-electron chi connectivity index (χ3n) is 2.17. The van der Waals surface area contributed by atoms with Crippen LogP contribution in [0, 0.1) is 6.92 Å². The Kier molecular flexibility index (Phi) is 4.46. The maximum absolute atomic E-state index is 11.3. The molecule has 0 saturated heterocycles. The molecule has 2 aromatic rings. The van der Waals surface area contributed by atoms with E-state index >= 15 is 0 Å². The van der Waals surface area contributed by atoms with Crippen LogP contribution in [-0.2, 0) is 4.79 Å². The highest BCUT2D eigenvalue weighted by molar-refractivity contribution is 9.10. The van der Waals surface area contributed by atoms with Crippen molar-refractivity contribution in [3.05, 3.63) is 39.0 Å². The van der Waals surface area contributed by atoms with Crippen LogP contribution in [0.15, 0.2) is 37.2 Å². The predicted octanol–water partition coefficient (Wildman–Crippen LogP) is 2.43. The van der Waals surface area contributed by atoms with E-state index in [-0.39, 0.29) is 15.9 Å². The summed E-state index contributed by atoms with van der Waals surface area (Å²) >= 11 is 3.96. The van der Waals surface area contributed by atoms with Gasteiger partial charge in [0.25, 0.3) is 5.22 Å². The SMILES string of the molecule is Cc1nnc(S/C(=C\c2ccc([O-])c(Br)c2)C(=O)O)o1. The van der Waals surface area contributed by atoms with Crippen molar-refractivity contribution in [3.8, 4) is 5.75 Å². The zero-order valence-corrected chi connectivity index (χ0v) is 12.6. The molecule has 104 valence electrons. The number of hydrogen-bond donors (Lipinski definition) is 1. The van der Waals surface area contributed by atoms with Crippen molar-refractivity contribution < 1.29 is 19.4 Å². The highest BCUT2D eigenvalue weighted by Gasteiger charge is 2.14. The van der Waals surface area contributed by atoms with Crippen LogP contribution in [0.3, 0.4) is 0 Å². The van der Waals surface area contributed by atoms with E-state index in [0.29, 0.717) is 15.9 Å². The first-order valence-electron chi connectivity index (χ1n) is 5.35. The van der Waals surface area contributed by atoms with Crippen LogP contribution in [0.5, 0.6) is 5.75 Å². The molecule has 0 aliphatic carbocycles. The molecule has 6 nitrogen and oxygen atoms in total. The maximum atomic E-state index is 11.3. The average molecular weight is 356 g/mol. The fourth-order valence-corrected chi connectivity index (χ4v) is 2.42. The predicted molar refractivity (Wildman–Crippen MR) is 74.1 cm³/mol. The fraction of sp³-hybridized carbons (Fsp3) is 0.0833. The number of carboxylic acid groups (broad SMARTS) is 1. The molecule has 1 aromatic carbocycles. The molecule has 1 aromatic heterocycles. The van der Waals surface area contributed by atoms with E-state index < -0.39 is 5.97 Å². The normalized spacial score (nSPS) is 11.6. The fourth-order valence-electron chi connectivity index (χ4n) is 1.31. The third kappa shape index (κ3) is 3.61. The highest BCUT2D eigenvalue weighted by Crippen LogP contribution is 2.29. The molecule has 0 saturated carbocycles. The van der Waals surface area contributed by atoms with Crippen molar-refractivity contribution in [2.75, 3.05) is 0 Å². The molecule has 0 atom stereocenters. The molecular formula is C12H8BrN2O4S-. The molecule has 0 aliphatic rings. The summed E-state index contributed by atoms with van der Waals surface area (Å²) in [6, 6.07) is 4.44. The molecule has 0 spiro atoms. The average Bonchev–Trinajstić information content (AvgIpc) is 2.78. The van der Waals surface area contributed by atoms with Gasteiger partial charge in [0.05, 0.1) is 0 Å². The summed E-state index contributed by atoms with van der Waals surface area (Å²) in [5.74, 6) is -0.928. The lowest BCUT2D eigenvalue weighted by Gasteiger charge is -2.08. The number of aryl methyl sites for hydroxylation is 1. The summed E-state index contributed by atoms with van der Waals surface area (Å²) in [6.07, 6.45) is 1.43. The van der Waals surface area contributed by atoms with Gasteiger partial charge in [-0.3, -0.25) is 0 Å². The van der Waals surface area contributed by atoms with Gasteiger partial charge in [-0.2, -0.15) is 0 Å². The zero-order valence-electron chi connectivity index (χ0n) is 10.2. The van der Waals surface area contributed by atoms with Crippen LogP contribution in [0.2, 0.25) is 0 Å². The Morgan fingerprint density at radius 2 is 2.25 bits per heavy atom. The van der Waals surface area contributed by atoms with E-state index in [4.69, 9.17) is 4.42 Å². The lowest BCUT2D eigenvalue weighted by atomic mass is 10.2.